The fourth-order valence-electron chi connectivity index (χ4n) is 2.64. The van der Waals surface area contributed by atoms with E-state index in [1.54, 1.807) is 0 Å². The Labute approximate surface area is 88.2 Å². The average Bonchev–Trinajstić information content (AvgIpc) is 2.42. The molecule has 2 heteroatoms. The first-order valence-electron chi connectivity index (χ1n) is 6.01. The molecule has 1 saturated carbocycles. The summed E-state index contributed by atoms with van der Waals surface area (Å²) in [5.41, 5.74) is 5.82. The number of hydrogen-bond acceptors (Lipinski definition) is 2. The van der Waals surface area contributed by atoms with Gasteiger partial charge in [-0.05, 0) is 25.2 Å². The maximum atomic E-state index is 5.81. The summed E-state index contributed by atoms with van der Waals surface area (Å²) in [4.78, 5) is 0. The van der Waals surface area contributed by atoms with Crippen LogP contribution in [-0.2, 0) is 4.74 Å². The van der Waals surface area contributed by atoms with Gasteiger partial charge in [0.2, 0.25) is 0 Å². The molecule has 0 aromatic carbocycles. The van der Waals surface area contributed by atoms with E-state index in [-0.39, 0.29) is 5.60 Å². The van der Waals surface area contributed by atoms with Crippen molar-refractivity contribution >= 4 is 0 Å². The van der Waals surface area contributed by atoms with Gasteiger partial charge in [0.15, 0.2) is 0 Å². The summed E-state index contributed by atoms with van der Waals surface area (Å²) in [7, 11) is 1.81. The first kappa shape index (κ1) is 12.0. The van der Waals surface area contributed by atoms with Gasteiger partial charge in [-0.1, -0.05) is 32.6 Å². The van der Waals surface area contributed by atoms with Crippen LogP contribution < -0.4 is 5.73 Å². The highest BCUT2D eigenvalue weighted by Crippen LogP contribution is 2.33. The molecular weight excluding hydrogens is 174 g/mol. The highest BCUT2D eigenvalue weighted by molar-refractivity contribution is 4.85. The van der Waals surface area contributed by atoms with E-state index in [2.05, 4.69) is 6.92 Å². The first-order chi connectivity index (χ1) is 6.76. The maximum absolute atomic E-state index is 5.81. The summed E-state index contributed by atoms with van der Waals surface area (Å²) in [6, 6.07) is 0. The van der Waals surface area contributed by atoms with E-state index in [1.807, 2.05) is 7.11 Å². The lowest BCUT2D eigenvalue weighted by Gasteiger charge is -2.29. The first-order valence-corrected chi connectivity index (χ1v) is 6.01. The summed E-state index contributed by atoms with van der Waals surface area (Å²) >= 11 is 0. The van der Waals surface area contributed by atoms with Crippen molar-refractivity contribution in [3.63, 3.8) is 0 Å². The predicted molar refractivity (Wildman–Crippen MR) is 60.3 cm³/mol. The normalized spacial score (nSPS) is 34.1. The monoisotopic (exact) mass is 199 g/mol. The van der Waals surface area contributed by atoms with Crippen LogP contribution in [0, 0.1) is 5.92 Å². The third-order valence-electron chi connectivity index (χ3n) is 3.75. The van der Waals surface area contributed by atoms with Crippen molar-refractivity contribution in [2.75, 3.05) is 13.7 Å². The quantitative estimate of drug-likeness (QED) is 0.707. The fraction of sp³-hybridized carbons (Fsp3) is 1.00. The van der Waals surface area contributed by atoms with Crippen LogP contribution >= 0.6 is 0 Å². The van der Waals surface area contributed by atoms with E-state index < -0.39 is 0 Å². The lowest BCUT2D eigenvalue weighted by atomic mass is 9.92. The number of nitrogens with two attached hydrogens (primary N) is 1. The van der Waals surface area contributed by atoms with Crippen molar-refractivity contribution in [3.05, 3.63) is 0 Å². The number of hydrogen-bond donors (Lipinski definition) is 1. The molecular formula is C12H25NO. The SMILES string of the molecule is CCCC1CCCC(CN)(OC)CC1. The molecule has 1 rings (SSSR count). The molecule has 14 heavy (non-hydrogen) atoms. The second-order valence-electron chi connectivity index (χ2n) is 4.68. The van der Waals surface area contributed by atoms with Crippen LogP contribution in [0.3, 0.4) is 0 Å². The zero-order valence-electron chi connectivity index (χ0n) is 9.72. The number of ether oxygens (including phenoxy) is 1. The van der Waals surface area contributed by atoms with Crippen molar-refractivity contribution in [2.24, 2.45) is 11.7 Å². The van der Waals surface area contributed by atoms with E-state index in [1.165, 1.54) is 32.1 Å². The molecule has 0 radical (unpaired) electrons. The highest BCUT2D eigenvalue weighted by atomic mass is 16.5. The Morgan fingerprint density at radius 3 is 2.71 bits per heavy atom. The van der Waals surface area contributed by atoms with Crippen molar-refractivity contribution in [1.82, 2.24) is 0 Å². The highest BCUT2D eigenvalue weighted by Gasteiger charge is 2.31. The van der Waals surface area contributed by atoms with Crippen molar-refractivity contribution in [2.45, 2.75) is 57.5 Å². The molecule has 0 bridgehead atoms. The zero-order chi connectivity index (χ0) is 10.4. The second kappa shape index (κ2) is 5.72. The van der Waals surface area contributed by atoms with Crippen LogP contribution in [0.25, 0.3) is 0 Å². The lowest BCUT2D eigenvalue weighted by Crippen LogP contribution is -2.39. The molecule has 1 aliphatic carbocycles. The minimum Gasteiger partial charge on any atom is -0.377 e. The Morgan fingerprint density at radius 2 is 2.14 bits per heavy atom. The summed E-state index contributed by atoms with van der Waals surface area (Å²) in [6.45, 7) is 2.96. The second-order valence-corrected chi connectivity index (χ2v) is 4.68. The van der Waals surface area contributed by atoms with Gasteiger partial charge in [-0.2, -0.15) is 0 Å². The molecule has 0 aliphatic heterocycles. The maximum Gasteiger partial charge on any atom is 0.0800 e. The van der Waals surface area contributed by atoms with E-state index in [0.717, 1.165) is 18.8 Å². The predicted octanol–water partition coefficient (Wildman–Crippen LogP) is 2.71. The summed E-state index contributed by atoms with van der Waals surface area (Å²) in [6.07, 6.45) is 8.97. The molecule has 2 atom stereocenters. The van der Waals surface area contributed by atoms with Crippen molar-refractivity contribution in [1.29, 1.82) is 0 Å². The number of rotatable bonds is 4. The molecule has 0 saturated heterocycles. The van der Waals surface area contributed by atoms with Gasteiger partial charge in [-0.25, -0.2) is 0 Å². The van der Waals surface area contributed by atoms with Crippen LogP contribution in [0.4, 0.5) is 0 Å². The molecule has 0 heterocycles. The molecule has 84 valence electrons. The van der Waals surface area contributed by atoms with Gasteiger partial charge in [0.25, 0.3) is 0 Å². The van der Waals surface area contributed by atoms with Crippen molar-refractivity contribution in [3.8, 4) is 0 Å². The Balaban J connectivity index is 2.46. The molecule has 0 aromatic rings. The van der Waals surface area contributed by atoms with Crippen LogP contribution in [0.2, 0.25) is 0 Å². The molecule has 2 unspecified atom stereocenters. The summed E-state index contributed by atoms with van der Waals surface area (Å²) in [5, 5.41) is 0. The molecule has 0 spiro atoms. The molecule has 2 N–H and O–H groups in total. The van der Waals surface area contributed by atoms with Gasteiger partial charge in [0.05, 0.1) is 5.60 Å². The van der Waals surface area contributed by atoms with E-state index in [9.17, 15) is 0 Å². The van der Waals surface area contributed by atoms with Gasteiger partial charge < -0.3 is 10.5 Å². The Kier molecular flexibility index (Phi) is 4.90. The minimum atomic E-state index is 0.00247. The fourth-order valence-corrected chi connectivity index (χ4v) is 2.64. The lowest BCUT2D eigenvalue weighted by molar-refractivity contribution is -0.0156. The van der Waals surface area contributed by atoms with Gasteiger partial charge >= 0.3 is 0 Å². The van der Waals surface area contributed by atoms with Crippen molar-refractivity contribution < 1.29 is 4.74 Å². The van der Waals surface area contributed by atoms with Crippen LogP contribution in [0.5, 0.6) is 0 Å². The largest absolute Gasteiger partial charge is 0.377 e. The molecule has 1 fully saturated rings. The van der Waals surface area contributed by atoms with Gasteiger partial charge in [0, 0.05) is 13.7 Å². The molecule has 1 aliphatic rings. The topological polar surface area (TPSA) is 35.2 Å². The van der Waals surface area contributed by atoms with E-state index in [0.29, 0.717) is 6.54 Å². The standard InChI is InChI=1S/C12H25NO/c1-3-5-11-6-4-8-12(10-13,14-2)9-7-11/h11H,3-10,13H2,1-2H3. The third kappa shape index (κ3) is 2.96. The minimum absolute atomic E-state index is 0.00247. The number of methoxy groups -OCH3 is 1. The third-order valence-corrected chi connectivity index (χ3v) is 3.75. The molecule has 2 nitrogen and oxygen atoms in total. The van der Waals surface area contributed by atoms with Crippen LogP contribution in [0.1, 0.15) is 51.9 Å². The van der Waals surface area contributed by atoms with Gasteiger partial charge in [-0.3, -0.25) is 0 Å². The summed E-state index contributed by atoms with van der Waals surface area (Å²) < 4.78 is 5.61. The van der Waals surface area contributed by atoms with Gasteiger partial charge in [-0.15, -0.1) is 0 Å². The molecule has 0 amide bonds. The van der Waals surface area contributed by atoms with E-state index in [4.69, 9.17) is 10.5 Å². The summed E-state index contributed by atoms with van der Waals surface area (Å²) in [5.74, 6) is 0.920. The Bertz CT molecular complexity index is 154. The Hall–Kier alpha value is -0.0800. The molecule has 0 aromatic heterocycles. The van der Waals surface area contributed by atoms with E-state index >= 15 is 0 Å². The van der Waals surface area contributed by atoms with Crippen LogP contribution in [-0.4, -0.2) is 19.3 Å². The smallest absolute Gasteiger partial charge is 0.0800 e. The Morgan fingerprint density at radius 1 is 1.36 bits per heavy atom. The average molecular weight is 199 g/mol. The van der Waals surface area contributed by atoms with Crippen LogP contribution in [0.15, 0.2) is 0 Å². The zero-order valence-corrected chi connectivity index (χ0v) is 9.72. The van der Waals surface area contributed by atoms with Gasteiger partial charge in [0.1, 0.15) is 0 Å².